The van der Waals surface area contributed by atoms with Gasteiger partial charge in [0, 0.05) is 49.8 Å². The molecule has 1 aromatic heterocycles. The molecule has 0 saturated heterocycles. The van der Waals surface area contributed by atoms with Crippen LogP contribution in [0.1, 0.15) is 37.0 Å². The van der Waals surface area contributed by atoms with Gasteiger partial charge in [0.1, 0.15) is 17.4 Å². The second-order valence-corrected chi connectivity index (χ2v) is 9.87. The van der Waals surface area contributed by atoms with E-state index in [9.17, 15) is 32.2 Å². The number of thioether (sulfide) groups is 1. The summed E-state index contributed by atoms with van der Waals surface area (Å²) in [7, 11) is 3.00. The fraction of sp³-hybridized carbons (Fsp3) is 0.269. The number of aromatic nitrogens is 2. The molecule has 2 aromatic carbocycles. The molecule has 3 amide bonds. The number of hydrogen-bond donors (Lipinski definition) is 1. The van der Waals surface area contributed by atoms with E-state index in [0.717, 1.165) is 48.5 Å². The number of anilines is 2. The molecule has 0 unspecified atom stereocenters. The van der Waals surface area contributed by atoms with Crippen LogP contribution in [0.25, 0.3) is 11.3 Å². The number of Topliss-reactive ketones (excluding diaryl/α,β-unsaturated/α-hetero) is 1. The lowest BCUT2D eigenvalue weighted by molar-refractivity contribution is -0.279. The van der Waals surface area contributed by atoms with Gasteiger partial charge in [-0.1, -0.05) is 13.0 Å². The Morgan fingerprint density at radius 2 is 1.77 bits per heavy atom. The van der Waals surface area contributed by atoms with Crippen LogP contribution in [-0.2, 0) is 11.8 Å². The number of amides is 3. The summed E-state index contributed by atoms with van der Waals surface area (Å²) in [6.07, 6.45) is 1.19. The smallest absolute Gasteiger partial charge is 0.303 e. The van der Waals surface area contributed by atoms with Gasteiger partial charge in [-0.25, -0.2) is 9.18 Å². The fourth-order valence-corrected chi connectivity index (χ4v) is 4.27. The zero-order valence-corrected chi connectivity index (χ0v) is 22.9. The number of quaternary nitrogens is 1. The Labute approximate surface area is 231 Å². The first-order chi connectivity index (χ1) is 18.8. The molecule has 3 aromatic rings. The molecule has 212 valence electrons. The summed E-state index contributed by atoms with van der Waals surface area (Å²) in [6.45, 7) is 3.48. The Kier molecular flexibility index (Phi) is 9.82. The van der Waals surface area contributed by atoms with Crippen molar-refractivity contribution in [2.24, 2.45) is 12.0 Å². The minimum absolute atomic E-state index is 0.0393. The maximum atomic E-state index is 14.8. The Hall–Kier alpha value is -4.04. The van der Waals surface area contributed by atoms with Crippen LogP contribution in [0.5, 0.6) is 0 Å². The van der Waals surface area contributed by atoms with E-state index < -0.39 is 28.6 Å². The molecule has 1 N–H and O–H groups in total. The SMILES string of the molecule is CCCC(=O)CS/C(C)=N\C(=O)Nc1ccc(-c2cc(N(C)C(=O)c3ccc([N+](F)(F)F)cc3)n(C)n2)cc1F. The number of aliphatic imine (C=N–C) groups is 1. The molecule has 14 heteroatoms. The van der Waals surface area contributed by atoms with Crippen molar-refractivity contribution in [3.63, 3.8) is 0 Å². The highest BCUT2D eigenvalue weighted by Crippen LogP contribution is 2.29. The minimum Gasteiger partial charge on any atom is -0.303 e. The van der Waals surface area contributed by atoms with Gasteiger partial charge in [0.25, 0.3) is 16.7 Å². The number of hydrogen-bond acceptors (Lipinski definition) is 5. The first kappa shape index (κ1) is 30.5. The highest BCUT2D eigenvalue weighted by molar-refractivity contribution is 8.14. The predicted octanol–water partition coefficient (Wildman–Crippen LogP) is 6.52. The number of carbonyl (C=O) groups excluding carboxylic acids is 3. The molecule has 40 heavy (non-hydrogen) atoms. The summed E-state index contributed by atoms with van der Waals surface area (Å²) < 4.78 is 54.5. The van der Waals surface area contributed by atoms with E-state index in [2.05, 4.69) is 15.4 Å². The average molecular weight is 580 g/mol. The van der Waals surface area contributed by atoms with Crippen molar-refractivity contribution in [1.29, 1.82) is 0 Å². The lowest BCUT2D eigenvalue weighted by Crippen LogP contribution is -2.28. The van der Waals surface area contributed by atoms with Gasteiger partial charge in [-0.15, -0.1) is 11.8 Å². The number of benzene rings is 2. The fourth-order valence-electron chi connectivity index (χ4n) is 3.61. The second-order valence-electron chi connectivity index (χ2n) is 8.70. The van der Waals surface area contributed by atoms with E-state index in [0.29, 0.717) is 28.5 Å². The van der Waals surface area contributed by atoms with E-state index >= 15 is 0 Å². The van der Waals surface area contributed by atoms with Gasteiger partial charge < -0.3 is 5.32 Å². The van der Waals surface area contributed by atoms with E-state index in [4.69, 9.17) is 0 Å². The van der Waals surface area contributed by atoms with Crippen molar-refractivity contribution in [3.8, 4) is 11.3 Å². The van der Waals surface area contributed by atoms with Gasteiger partial charge in [-0.05, 0) is 37.6 Å². The monoisotopic (exact) mass is 579 g/mol. The van der Waals surface area contributed by atoms with Crippen molar-refractivity contribution in [1.82, 2.24) is 14.9 Å². The third-order valence-electron chi connectivity index (χ3n) is 5.65. The highest BCUT2D eigenvalue weighted by atomic mass is 32.2. The number of aryl methyl sites for hydroxylation is 1. The normalized spacial score (nSPS) is 11.8. The van der Waals surface area contributed by atoms with Crippen LogP contribution >= 0.6 is 11.8 Å². The molecule has 0 aliphatic heterocycles. The summed E-state index contributed by atoms with van der Waals surface area (Å²) in [5.41, 5.74) is -0.321. The van der Waals surface area contributed by atoms with Crippen LogP contribution in [0.15, 0.2) is 53.5 Å². The Morgan fingerprint density at radius 1 is 1.10 bits per heavy atom. The maximum Gasteiger partial charge on any atom is 0.346 e. The van der Waals surface area contributed by atoms with Gasteiger partial charge in [0.15, 0.2) is 0 Å². The zero-order chi connectivity index (χ0) is 29.6. The molecule has 0 saturated carbocycles. The molecule has 0 aliphatic rings. The molecule has 0 radical (unpaired) electrons. The van der Waals surface area contributed by atoms with Crippen molar-refractivity contribution >= 4 is 51.7 Å². The van der Waals surface area contributed by atoms with E-state index in [1.807, 2.05) is 6.92 Å². The van der Waals surface area contributed by atoms with Gasteiger partial charge >= 0.3 is 6.03 Å². The van der Waals surface area contributed by atoms with Gasteiger partial charge in [-0.3, -0.25) is 19.2 Å². The molecule has 1 heterocycles. The summed E-state index contributed by atoms with van der Waals surface area (Å²) in [5.74, 6) is -0.742. The summed E-state index contributed by atoms with van der Waals surface area (Å²) in [4.78, 5) is 41.7. The molecular weight excluding hydrogens is 552 g/mol. The molecule has 0 fully saturated rings. The van der Waals surface area contributed by atoms with E-state index in [-0.39, 0.29) is 22.8 Å². The van der Waals surface area contributed by atoms with Crippen LogP contribution in [0.4, 0.5) is 39.8 Å². The molecule has 3 rings (SSSR count). The number of nitrogens with zero attached hydrogens (tertiary/aromatic N) is 5. The Balaban J connectivity index is 1.71. The molecule has 0 spiro atoms. The zero-order valence-electron chi connectivity index (χ0n) is 22.1. The van der Waals surface area contributed by atoms with Crippen LogP contribution < -0.4 is 15.4 Å². The maximum absolute atomic E-state index is 14.8. The quantitative estimate of drug-likeness (QED) is 0.135. The lowest BCUT2D eigenvalue weighted by Gasteiger charge is -2.17. The van der Waals surface area contributed by atoms with Gasteiger partial charge in [0.05, 0.1) is 35.6 Å². The first-order valence-electron chi connectivity index (χ1n) is 12.0. The number of carbonyl (C=O) groups is 3. The van der Waals surface area contributed by atoms with Crippen molar-refractivity contribution in [2.75, 3.05) is 23.0 Å². The summed E-state index contributed by atoms with van der Waals surface area (Å²) >= 11 is 1.14. The van der Waals surface area contributed by atoms with E-state index in [1.165, 1.54) is 34.8 Å². The number of urea groups is 1. The summed E-state index contributed by atoms with van der Waals surface area (Å²) in [5, 5.41) is 3.18. The topological polar surface area (TPSA) is 96.7 Å². The standard InChI is InChI=1S/C26H26F4N6O3S/c1-5-6-20(37)15-40-16(2)31-26(39)32-22-12-9-18(13-21(22)27)23-14-24(35(4)33-23)34(3)25(38)17-7-10-19(11-8-17)36(28,29)30/h7-14H,5-6,15H2,1-4H3/p+1/b31-16-. The van der Waals surface area contributed by atoms with Crippen LogP contribution in [-0.4, -0.2) is 45.3 Å². The second kappa shape index (κ2) is 12.9. The minimum atomic E-state index is -3.86. The van der Waals surface area contributed by atoms with Crippen LogP contribution in [0, 0.1) is 5.82 Å². The highest BCUT2D eigenvalue weighted by Gasteiger charge is 2.35. The molecule has 0 aliphatic carbocycles. The third kappa shape index (κ3) is 7.76. The number of nitrogens with one attached hydrogen (secondary N) is 1. The van der Waals surface area contributed by atoms with Crippen molar-refractivity contribution < 1.29 is 32.2 Å². The predicted molar refractivity (Wildman–Crippen MR) is 147 cm³/mol. The average Bonchev–Trinajstić information content (AvgIpc) is 3.29. The number of rotatable bonds is 9. The van der Waals surface area contributed by atoms with E-state index in [1.54, 1.807) is 14.0 Å². The van der Waals surface area contributed by atoms with Crippen molar-refractivity contribution in [2.45, 2.75) is 26.7 Å². The van der Waals surface area contributed by atoms with Gasteiger partial charge in [0.2, 0.25) is 0 Å². The van der Waals surface area contributed by atoms with Crippen LogP contribution in [0.2, 0.25) is 0 Å². The third-order valence-corrected chi connectivity index (χ3v) is 6.62. The first-order valence-corrected chi connectivity index (χ1v) is 13.0. The van der Waals surface area contributed by atoms with Crippen LogP contribution in [0.3, 0.4) is 0 Å². The number of ketones is 1. The largest absolute Gasteiger partial charge is 0.346 e. The molecule has 0 bridgehead atoms. The van der Waals surface area contributed by atoms with Crippen molar-refractivity contribution in [3.05, 3.63) is 59.9 Å². The lowest BCUT2D eigenvalue weighted by atomic mass is 10.1. The molecule has 0 atom stereocenters. The number of halogens is 4. The Bertz CT molecular complexity index is 1440. The Morgan fingerprint density at radius 3 is 2.38 bits per heavy atom. The molecule has 9 nitrogen and oxygen atoms in total. The van der Waals surface area contributed by atoms with Gasteiger partial charge in [-0.2, -0.15) is 10.1 Å². The molecular formula is C26H27F4N6O3S+. The summed E-state index contributed by atoms with van der Waals surface area (Å²) in [6, 6.07) is 8.53.